The Labute approximate surface area is 155 Å². The molecule has 1 aromatic carbocycles. The van der Waals surface area contributed by atoms with Gasteiger partial charge in [-0.1, -0.05) is 5.92 Å². The number of carbonyl (C=O) groups is 2. The zero-order valence-corrected chi connectivity index (χ0v) is 14.8. The van der Waals surface area contributed by atoms with Crippen LogP contribution < -0.4 is 9.47 Å². The fourth-order valence-corrected chi connectivity index (χ4v) is 2.48. The highest BCUT2D eigenvalue weighted by Gasteiger charge is 2.29. The van der Waals surface area contributed by atoms with Gasteiger partial charge in [0, 0.05) is 6.42 Å². The van der Waals surface area contributed by atoms with E-state index in [0.717, 1.165) is 11.1 Å². The van der Waals surface area contributed by atoms with Gasteiger partial charge in [0.25, 0.3) is 11.6 Å². The zero-order chi connectivity index (χ0) is 20.0. The van der Waals surface area contributed by atoms with E-state index < -0.39 is 17.2 Å². The summed E-state index contributed by atoms with van der Waals surface area (Å²) in [5.41, 5.74) is -0.282. The third kappa shape index (κ3) is 4.78. The number of ether oxygens (including phenoxy) is 3. The molecule has 1 aliphatic rings. The lowest BCUT2D eigenvalue weighted by Gasteiger charge is -2.18. The first-order chi connectivity index (χ1) is 12.9. The van der Waals surface area contributed by atoms with Gasteiger partial charge in [0.2, 0.25) is 0 Å². The molecule has 0 aromatic heterocycles. The molecule has 144 valence electrons. The van der Waals surface area contributed by atoms with Crippen LogP contribution in [0.25, 0.3) is 0 Å². The fraction of sp³-hybridized carbons (Fsp3) is 0.412. The maximum absolute atomic E-state index is 11.9. The van der Waals surface area contributed by atoms with Crippen LogP contribution in [0.5, 0.6) is 11.5 Å². The second-order valence-electron chi connectivity index (χ2n) is 5.51. The molecule has 10 nitrogen and oxygen atoms in total. The summed E-state index contributed by atoms with van der Waals surface area (Å²) in [6.45, 7) is 1.60. The van der Waals surface area contributed by atoms with Gasteiger partial charge < -0.3 is 19.0 Å². The molecule has 0 N–H and O–H groups in total. The minimum absolute atomic E-state index is 0.0645. The van der Waals surface area contributed by atoms with E-state index in [1.165, 1.54) is 20.1 Å². The molecule has 0 radical (unpaired) electrons. The third-order valence-electron chi connectivity index (χ3n) is 3.75. The number of hydrogen-bond acceptors (Lipinski definition) is 8. The van der Waals surface area contributed by atoms with Crippen LogP contribution in [0.3, 0.4) is 0 Å². The first-order valence-electron chi connectivity index (χ1n) is 7.99. The Balaban J connectivity index is 2.21. The molecule has 1 fully saturated rings. The lowest BCUT2D eigenvalue weighted by atomic mass is 10.1. The molecule has 1 aromatic rings. The van der Waals surface area contributed by atoms with E-state index in [0.29, 0.717) is 6.42 Å². The lowest BCUT2D eigenvalue weighted by Crippen LogP contribution is -2.29. The number of methoxy groups -OCH3 is 1. The average molecular weight is 378 g/mol. The number of amides is 1. The predicted octanol–water partition coefficient (Wildman–Crippen LogP) is 2.37. The number of hydrogen-bond donors (Lipinski definition) is 0. The summed E-state index contributed by atoms with van der Waals surface area (Å²) in [5.74, 6) is 2.19. The van der Waals surface area contributed by atoms with Crippen LogP contribution in [0.1, 0.15) is 31.4 Å². The molecular formula is C17H18N2O8. The number of terminal acetylenes is 1. The van der Waals surface area contributed by atoms with E-state index in [-0.39, 0.29) is 48.2 Å². The normalized spacial score (nSPS) is 14.3. The van der Waals surface area contributed by atoms with Crippen molar-refractivity contribution in [1.29, 1.82) is 0 Å². The van der Waals surface area contributed by atoms with Gasteiger partial charge in [-0.05, 0) is 19.4 Å². The second-order valence-corrected chi connectivity index (χ2v) is 5.51. The molecule has 1 unspecified atom stereocenters. The van der Waals surface area contributed by atoms with Gasteiger partial charge in [-0.3, -0.25) is 14.9 Å². The molecule has 27 heavy (non-hydrogen) atoms. The standard InChI is InChI=1S/C17H18N2O8/c1-4-8-25-15-10-13(19(22)23)12(9-14(15)24-3)11(2)26-17(21)27-18-7-5-6-16(18)20/h1,9-11H,5-8H2,2-3H3. The van der Waals surface area contributed by atoms with E-state index in [1.54, 1.807) is 0 Å². The Morgan fingerprint density at radius 1 is 1.44 bits per heavy atom. The SMILES string of the molecule is C#CCOc1cc([N+](=O)[O-])c(C(C)OC(=O)ON2CCCC2=O)cc1OC. The van der Waals surface area contributed by atoms with Crippen molar-refractivity contribution in [3.63, 3.8) is 0 Å². The van der Waals surface area contributed by atoms with E-state index in [9.17, 15) is 19.7 Å². The van der Waals surface area contributed by atoms with Crippen molar-refractivity contribution < 1.29 is 33.6 Å². The minimum Gasteiger partial charge on any atom is -0.493 e. The summed E-state index contributed by atoms with van der Waals surface area (Å²) in [4.78, 5) is 38.9. The van der Waals surface area contributed by atoms with Gasteiger partial charge in [0.15, 0.2) is 11.5 Å². The summed E-state index contributed by atoms with van der Waals surface area (Å²) < 4.78 is 15.5. The molecule has 0 spiro atoms. The van der Waals surface area contributed by atoms with Crippen molar-refractivity contribution in [2.45, 2.75) is 25.9 Å². The first-order valence-corrected chi connectivity index (χ1v) is 7.99. The van der Waals surface area contributed by atoms with Crippen molar-refractivity contribution in [3.8, 4) is 23.8 Å². The summed E-state index contributed by atoms with van der Waals surface area (Å²) in [5, 5.41) is 12.3. The van der Waals surface area contributed by atoms with Gasteiger partial charge >= 0.3 is 6.16 Å². The predicted molar refractivity (Wildman–Crippen MR) is 90.9 cm³/mol. The molecule has 0 saturated carbocycles. The number of nitrogens with zero attached hydrogens (tertiary/aromatic N) is 2. The highest BCUT2D eigenvalue weighted by atomic mass is 16.8. The first kappa shape index (κ1) is 19.8. The maximum Gasteiger partial charge on any atom is 0.534 e. The fourth-order valence-electron chi connectivity index (χ4n) is 2.48. The van der Waals surface area contributed by atoms with Crippen molar-refractivity contribution in [3.05, 3.63) is 27.8 Å². The molecule has 1 amide bonds. The van der Waals surface area contributed by atoms with E-state index in [4.69, 9.17) is 25.5 Å². The average Bonchev–Trinajstić information content (AvgIpc) is 3.03. The molecule has 1 saturated heterocycles. The van der Waals surface area contributed by atoms with Crippen molar-refractivity contribution in [2.75, 3.05) is 20.3 Å². The van der Waals surface area contributed by atoms with Gasteiger partial charge in [-0.15, -0.1) is 6.42 Å². The molecule has 1 heterocycles. The van der Waals surface area contributed by atoms with Crippen molar-refractivity contribution in [1.82, 2.24) is 5.06 Å². The Morgan fingerprint density at radius 2 is 2.19 bits per heavy atom. The maximum atomic E-state index is 11.9. The van der Waals surface area contributed by atoms with Gasteiger partial charge in [-0.25, -0.2) is 4.79 Å². The minimum atomic E-state index is -1.14. The van der Waals surface area contributed by atoms with E-state index in [1.807, 2.05) is 0 Å². The highest BCUT2D eigenvalue weighted by molar-refractivity contribution is 5.78. The summed E-state index contributed by atoms with van der Waals surface area (Å²) in [7, 11) is 1.35. The largest absolute Gasteiger partial charge is 0.534 e. The summed E-state index contributed by atoms with van der Waals surface area (Å²) in [6, 6.07) is 2.46. The van der Waals surface area contributed by atoms with Gasteiger partial charge in [-0.2, -0.15) is 5.06 Å². The van der Waals surface area contributed by atoms with Crippen LogP contribution in [0.4, 0.5) is 10.5 Å². The number of nitro benzene ring substituents is 1. The van der Waals surface area contributed by atoms with Crippen LogP contribution in [0, 0.1) is 22.5 Å². The highest BCUT2D eigenvalue weighted by Crippen LogP contribution is 2.38. The number of nitro groups is 1. The molecular weight excluding hydrogens is 360 g/mol. The molecule has 10 heteroatoms. The Bertz CT molecular complexity index is 786. The number of carbonyl (C=O) groups excluding carboxylic acids is 2. The van der Waals surface area contributed by atoms with Crippen LogP contribution in [0.15, 0.2) is 12.1 Å². The Hall–Kier alpha value is -3.48. The van der Waals surface area contributed by atoms with Crippen LogP contribution in [-0.4, -0.2) is 42.3 Å². The van der Waals surface area contributed by atoms with Crippen molar-refractivity contribution in [2.24, 2.45) is 0 Å². The van der Waals surface area contributed by atoms with Gasteiger partial charge in [0.1, 0.15) is 12.7 Å². The third-order valence-corrected chi connectivity index (χ3v) is 3.75. The Kier molecular flexibility index (Phi) is 6.43. The van der Waals surface area contributed by atoms with Crippen LogP contribution >= 0.6 is 0 Å². The zero-order valence-electron chi connectivity index (χ0n) is 14.8. The Morgan fingerprint density at radius 3 is 2.74 bits per heavy atom. The van der Waals surface area contributed by atoms with Crippen LogP contribution in [-0.2, 0) is 14.4 Å². The molecule has 0 bridgehead atoms. The van der Waals surface area contributed by atoms with E-state index >= 15 is 0 Å². The summed E-state index contributed by atoms with van der Waals surface area (Å²) in [6.07, 6.45) is 3.79. The monoisotopic (exact) mass is 378 g/mol. The number of rotatable bonds is 7. The van der Waals surface area contributed by atoms with Gasteiger partial charge in [0.05, 0.1) is 30.2 Å². The smallest absolute Gasteiger partial charge is 0.493 e. The molecule has 1 aliphatic heterocycles. The van der Waals surface area contributed by atoms with E-state index in [2.05, 4.69) is 5.92 Å². The van der Waals surface area contributed by atoms with Crippen LogP contribution in [0.2, 0.25) is 0 Å². The summed E-state index contributed by atoms with van der Waals surface area (Å²) >= 11 is 0. The molecule has 1 atom stereocenters. The molecule has 0 aliphatic carbocycles. The molecule has 2 rings (SSSR count). The number of hydroxylamine groups is 2. The van der Waals surface area contributed by atoms with Crippen molar-refractivity contribution >= 4 is 17.7 Å². The quantitative estimate of drug-likeness (QED) is 0.307. The lowest BCUT2D eigenvalue weighted by molar-refractivity contribution is -0.386. The topological polar surface area (TPSA) is 117 Å². The number of benzene rings is 1. The second kappa shape index (κ2) is 8.75.